The summed E-state index contributed by atoms with van der Waals surface area (Å²) in [5.74, 6) is 0. The summed E-state index contributed by atoms with van der Waals surface area (Å²) in [4.78, 5) is 8.61. The molecule has 0 atom stereocenters. The molecule has 1 N–H and O–H groups in total. The van der Waals surface area contributed by atoms with Gasteiger partial charge in [0.15, 0.2) is 0 Å². The second kappa shape index (κ2) is 5.11. The third-order valence-corrected chi connectivity index (χ3v) is 2.94. The molecule has 0 aliphatic rings. The number of anilines is 1. The van der Waals surface area contributed by atoms with Crippen molar-refractivity contribution < 1.29 is 0 Å². The van der Waals surface area contributed by atoms with E-state index in [1.807, 2.05) is 12.1 Å². The lowest BCUT2D eigenvalue weighted by Gasteiger charge is -2.18. The molecule has 2 rings (SSSR count). The molecule has 0 aliphatic carbocycles. The fourth-order valence-electron chi connectivity index (χ4n) is 1.72. The molecule has 0 radical (unpaired) electrons. The Bertz CT molecular complexity index is 546. The van der Waals surface area contributed by atoms with E-state index in [1.165, 1.54) is 0 Å². The molecule has 3 nitrogen and oxygen atoms in total. The van der Waals surface area contributed by atoms with Gasteiger partial charge in [-0.25, -0.2) is 0 Å². The van der Waals surface area contributed by atoms with Gasteiger partial charge < -0.3 is 5.32 Å². The normalized spacial score (nSPS) is 11.8. The molecule has 18 heavy (non-hydrogen) atoms. The Kier molecular flexibility index (Phi) is 3.71. The van der Waals surface area contributed by atoms with Crippen LogP contribution in [0, 0.1) is 5.41 Å². The zero-order chi connectivity index (χ0) is 13.2. The summed E-state index contributed by atoms with van der Waals surface area (Å²) in [6.07, 6.45) is 4.53. The van der Waals surface area contributed by atoms with Gasteiger partial charge in [-0.15, -0.1) is 0 Å². The first kappa shape index (κ1) is 13.1. The zero-order valence-electron chi connectivity index (χ0n) is 11.0. The van der Waals surface area contributed by atoms with Crippen LogP contribution in [0.25, 0.3) is 11.0 Å². The Morgan fingerprint density at radius 2 is 2.06 bits per heavy atom. The number of pyridine rings is 2. The van der Waals surface area contributed by atoms with Crippen molar-refractivity contribution >= 4 is 28.3 Å². The SMILES string of the molecule is CC(C)(C)CCNc1ccnc2cc(Cl)cnc12. The molecule has 2 heterocycles. The predicted octanol–water partition coefficient (Wildman–Crippen LogP) is 4.13. The van der Waals surface area contributed by atoms with Crippen LogP contribution in [0.15, 0.2) is 24.5 Å². The maximum atomic E-state index is 5.91. The van der Waals surface area contributed by atoms with E-state index in [9.17, 15) is 0 Å². The third-order valence-electron chi connectivity index (χ3n) is 2.73. The summed E-state index contributed by atoms with van der Waals surface area (Å²) < 4.78 is 0. The van der Waals surface area contributed by atoms with Gasteiger partial charge in [-0.1, -0.05) is 32.4 Å². The van der Waals surface area contributed by atoms with Gasteiger partial charge in [0.1, 0.15) is 5.52 Å². The lowest BCUT2D eigenvalue weighted by molar-refractivity contribution is 0.390. The van der Waals surface area contributed by atoms with Crippen molar-refractivity contribution in [1.82, 2.24) is 9.97 Å². The number of hydrogen-bond acceptors (Lipinski definition) is 3. The molecule has 4 heteroatoms. The Hall–Kier alpha value is -1.35. The van der Waals surface area contributed by atoms with Gasteiger partial charge >= 0.3 is 0 Å². The second-order valence-electron chi connectivity index (χ2n) is 5.62. The van der Waals surface area contributed by atoms with Gasteiger partial charge in [0.2, 0.25) is 0 Å². The molecular formula is C14H18ClN3. The number of fused-ring (bicyclic) bond motifs is 1. The van der Waals surface area contributed by atoms with Gasteiger partial charge in [0, 0.05) is 18.9 Å². The lowest BCUT2D eigenvalue weighted by atomic mass is 9.92. The Morgan fingerprint density at radius 1 is 1.28 bits per heavy atom. The molecule has 0 bridgehead atoms. The van der Waals surface area contributed by atoms with Gasteiger partial charge in [-0.2, -0.15) is 0 Å². The van der Waals surface area contributed by atoms with Crippen molar-refractivity contribution in [2.75, 3.05) is 11.9 Å². The van der Waals surface area contributed by atoms with Crippen LogP contribution < -0.4 is 5.32 Å². The standard InChI is InChI=1S/C14H18ClN3/c1-14(2,3)5-7-17-11-4-6-16-12-8-10(15)9-18-13(11)12/h4,6,8-9H,5,7H2,1-3H3,(H,16,17). The van der Waals surface area contributed by atoms with Gasteiger partial charge in [0.05, 0.1) is 16.2 Å². The van der Waals surface area contributed by atoms with Crippen molar-refractivity contribution in [2.45, 2.75) is 27.2 Å². The van der Waals surface area contributed by atoms with Crippen LogP contribution >= 0.6 is 11.6 Å². The molecule has 2 aromatic heterocycles. The summed E-state index contributed by atoms with van der Waals surface area (Å²) in [5.41, 5.74) is 3.03. The highest BCUT2D eigenvalue weighted by Crippen LogP contribution is 2.23. The molecule has 0 fully saturated rings. The molecule has 0 unspecified atom stereocenters. The topological polar surface area (TPSA) is 37.8 Å². The number of aromatic nitrogens is 2. The fourth-order valence-corrected chi connectivity index (χ4v) is 1.87. The number of rotatable bonds is 3. The summed E-state index contributed by atoms with van der Waals surface area (Å²) in [5, 5.41) is 4.03. The predicted molar refractivity (Wildman–Crippen MR) is 77.1 cm³/mol. The molecule has 0 saturated heterocycles. The average molecular weight is 264 g/mol. The van der Waals surface area contributed by atoms with Crippen molar-refractivity contribution in [3.05, 3.63) is 29.5 Å². The minimum Gasteiger partial charge on any atom is -0.383 e. The average Bonchev–Trinajstić information content (AvgIpc) is 2.27. The van der Waals surface area contributed by atoms with Crippen molar-refractivity contribution in [2.24, 2.45) is 5.41 Å². The van der Waals surface area contributed by atoms with Crippen molar-refractivity contribution in [3.8, 4) is 0 Å². The smallest absolute Gasteiger partial charge is 0.112 e. The largest absolute Gasteiger partial charge is 0.383 e. The molecule has 2 aromatic rings. The van der Waals surface area contributed by atoms with E-state index < -0.39 is 0 Å². The van der Waals surface area contributed by atoms with Crippen LogP contribution in [0.1, 0.15) is 27.2 Å². The number of nitrogens with one attached hydrogen (secondary N) is 1. The third kappa shape index (κ3) is 3.33. The number of nitrogens with zero attached hydrogens (tertiary/aromatic N) is 2. The van der Waals surface area contributed by atoms with E-state index in [2.05, 4.69) is 36.1 Å². The number of hydrogen-bond donors (Lipinski definition) is 1. The maximum absolute atomic E-state index is 5.91. The molecule has 0 aromatic carbocycles. The maximum Gasteiger partial charge on any atom is 0.112 e. The molecular weight excluding hydrogens is 246 g/mol. The second-order valence-corrected chi connectivity index (χ2v) is 6.05. The van der Waals surface area contributed by atoms with Gasteiger partial charge in [0.25, 0.3) is 0 Å². The lowest BCUT2D eigenvalue weighted by Crippen LogP contribution is -2.13. The van der Waals surface area contributed by atoms with E-state index in [4.69, 9.17) is 11.6 Å². The minimum absolute atomic E-state index is 0.326. The Balaban J connectivity index is 2.18. The van der Waals surface area contributed by atoms with Crippen LogP contribution in [-0.2, 0) is 0 Å². The molecule has 0 aliphatic heterocycles. The first-order chi connectivity index (χ1) is 8.46. The molecule has 0 spiro atoms. The first-order valence-corrected chi connectivity index (χ1v) is 6.48. The van der Waals surface area contributed by atoms with Crippen molar-refractivity contribution in [3.63, 3.8) is 0 Å². The van der Waals surface area contributed by atoms with E-state index in [-0.39, 0.29) is 0 Å². The zero-order valence-corrected chi connectivity index (χ0v) is 11.8. The molecule has 0 saturated carbocycles. The van der Waals surface area contributed by atoms with E-state index >= 15 is 0 Å². The highest BCUT2D eigenvalue weighted by Gasteiger charge is 2.10. The summed E-state index contributed by atoms with van der Waals surface area (Å²) in [6.45, 7) is 7.62. The monoisotopic (exact) mass is 263 g/mol. The van der Waals surface area contributed by atoms with E-state index in [1.54, 1.807) is 12.4 Å². The van der Waals surface area contributed by atoms with Crippen LogP contribution in [0.2, 0.25) is 5.02 Å². The van der Waals surface area contributed by atoms with Crippen LogP contribution in [0.3, 0.4) is 0 Å². The number of halogens is 1. The van der Waals surface area contributed by atoms with Gasteiger partial charge in [-0.05, 0) is 24.0 Å². The quantitative estimate of drug-likeness (QED) is 0.905. The molecule has 96 valence electrons. The van der Waals surface area contributed by atoms with Crippen LogP contribution in [-0.4, -0.2) is 16.5 Å². The Labute approximate surface area is 113 Å². The highest BCUT2D eigenvalue weighted by molar-refractivity contribution is 6.31. The van der Waals surface area contributed by atoms with E-state index in [0.29, 0.717) is 10.4 Å². The summed E-state index contributed by atoms with van der Waals surface area (Å²) >= 11 is 5.91. The summed E-state index contributed by atoms with van der Waals surface area (Å²) in [7, 11) is 0. The molecule has 0 amide bonds. The van der Waals surface area contributed by atoms with E-state index in [0.717, 1.165) is 29.7 Å². The van der Waals surface area contributed by atoms with Crippen LogP contribution in [0.4, 0.5) is 5.69 Å². The first-order valence-electron chi connectivity index (χ1n) is 6.10. The van der Waals surface area contributed by atoms with Crippen LogP contribution in [0.5, 0.6) is 0 Å². The summed E-state index contributed by atoms with van der Waals surface area (Å²) in [6, 6.07) is 3.78. The minimum atomic E-state index is 0.326. The van der Waals surface area contributed by atoms with Crippen molar-refractivity contribution in [1.29, 1.82) is 0 Å². The van der Waals surface area contributed by atoms with Gasteiger partial charge in [-0.3, -0.25) is 9.97 Å². The Morgan fingerprint density at radius 3 is 2.78 bits per heavy atom. The highest BCUT2D eigenvalue weighted by atomic mass is 35.5. The fraction of sp³-hybridized carbons (Fsp3) is 0.429.